The van der Waals surface area contributed by atoms with E-state index in [9.17, 15) is 9.18 Å². The summed E-state index contributed by atoms with van der Waals surface area (Å²) in [6.07, 6.45) is 5.79. The van der Waals surface area contributed by atoms with Crippen molar-refractivity contribution < 1.29 is 9.18 Å². The summed E-state index contributed by atoms with van der Waals surface area (Å²) in [7, 11) is 0. The largest absolute Gasteiger partial charge is 0.369 e. The Bertz CT molecular complexity index is 438. The van der Waals surface area contributed by atoms with Crippen molar-refractivity contribution >= 4 is 12.0 Å². The molecule has 2 fully saturated rings. The van der Waals surface area contributed by atoms with Crippen LogP contribution in [0.2, 0.25) is 0 Å². The van der Waals surface area contributed by atoms with E-state index in [-0.39, 0.29) is 5.82 Å². The van der Waals surface area contributed by atoms with Crippen molar-refractivity contribution in [3.8, 4) is 0 Å². The summed E-state index contributed by atoms with van der Waals surface area (Å²) in [5.74, 6) is 1.23. The maximum atomic E-state index is 14.0. The van der Waals surface area contributed by atoms with Crippen LogP contribution >= 0.6 is 0 Å². The molecule has 0 unspecified atom stereocenters. The summed E-state index contributed by atoms with van der Waals surface area (Å²) in [6.45, 7) is 1.93. The molecule has 1 aromatic carbocycles. The van der Waals surface area contributed by atoms with Gasteiger partial charge in [0, 0.05) is 18.7 Å². The third kappa shape index (κ3) is 2.71. The van der Waals surface area contributed by atoms with Crippen LogP contribution in [0.25, 0.3) is 0 Å². The second-order valence-corrected chi connectivity index (χ2v) is 5.62. The number of hydrogen-bond acceptors (Lipinski definition) is 2. The van der Waals surface area contributed by atoms with Crippen LogP contribution < -0.4 is 4.90 Å². The number of benzene rings is 1. The molecule has 2 aliphatic rings. The van der Waals surface area contributed by atoms with E-state index in [4.69, 9.17) is 0 Å². The van der Waals surface area contributed by atoms with Gasteiger partial charge in [0.15, 0.2) is 0 Å². The Morgan fingerprint density at radius 1 is 1.17 bits per heavy atom. The predicted molar refractivity (Wildman–Crippen MR) is 69.4 cm³/mol. The normalized spacial score (nSPS) is 18.7. The van der Waals surface area contributed by atoms with E-state index < -0.39 is 0 Å². The first kappa shape index (κ1) is 11.7. The van der Waals surface area contributed by atoms with Crippen molar-refractivity contribution in [3.63, 3.8) is 0 Å². The van der Waals surface area contributed by atoms with Crippen LogP contribution in [0, 0.1) is 17.7 Å². The van der Waals surface area contributed by atoms with Crippen molar-refractivity contribution in [3.05, 3.63) is 29.6 Å². The van der Waals surface area contributed by atoms with Gasteiger partial charge in [-0.15, -0.1) is 0 Å². The van der Waals surface area contributed by atoms with Gasteiger partial charge < -0.3 is 4.90 Å². The second-order valence-electron chi connectivity index (χ2n) is 5.62. The highest BCUT2D eigenvalue weighted by molar-refractivity contribution is 5.76. The van der Waals surface area contributed by atoms with Gasteiger partial charge in [-0.25, -0.2) is 4.39 Å². The summed E-state index contributed by atoms with van der Waals surface area (Å²) in [6, 6.07) is 4.80. The fraction of sp³-hybridized carbons (Fsp3) is 0.533. The van der Waals surface area contributed by atoms with Gasteiger partial charge in [0.2, 0.25) is 0 Å². The molecule has 0 aliphatic heterocycles. The van der Waals surface area contributed by atoms with Crippen LogP contribution in [0.15, 0.2) is 18.2 Å². The molecule has 96 valence electrons. The fourth-order valence-corrected chi connectivity index (χ4v) is 2.35. The van der Waals surface area contributed by atoms with Gasteiger partial charge >= 0.3 is 0 Å². The minimum Gasteiger partial charge on any atom is -0.369 e. The maximum absolute atomic E-state index is 14.0. The third-order valence-electron chi connectivity index (χ3n) is 3.80. The molecule has 0 atom stereocenters. The lowest BCUT2D eigenvalue weighted by molar-refractivity contribution is 0.112. The molecule has 0 radical (unpaired) electrons. The smallest absolute Gasteiger partial charge is 0.150 e. The number of rotatable bonds is 6. The standard InChI is InChI=1S/C15H18FNO/c16-14-7-13(10-18)5-6-15(14)17(8-11-1-2-11)9-12-3-4-12/h5-7,10-12H,1-4,8-9H2. The second kappa shape index (κ2) is 4.71. The molecule has 1 aromatic rings. The zero-order valence-corrected chi connectivity index (χ0v) is 10.4. The van der Waals surface area contributed by atoms with Gasteiger partial charge in [0.05, 0.1) is 5.69 Å². The Morgan fingerprint density at radius 2 is 1.78 bits per heavy atom. The molecular formula is C15H18FNO. The zero-order chi connectivity index (χ0) is 12.5. The number of aldehydes is 1. The quantitative estimate of drug-likeness (QED) is 0.719. The average Bonchev–Trinajstić information content (AvgIpc) is 3.23. The summed E-state index contributed by atoms with van der Waals surface area (Å²) in [5.41, 5.74) is 1.08. The Morgan fingerprint density at radius 3 is 2.22 bits per heavy atom. The monoisotopic (exact) mass is 247 g/mol. The summed E-state index contributed by atoms with van der Waals surface area (Å²) in [5, 5.41) is 0. The van der Waals surface area contributed by atoms with Crippen LogP contribution in [-0.4, -0.2) is 19.4 Å². The Balaban J connectivity index is 1.79. The van der Waals surface area contributed by atoms with Crippen LogP contribution in [0.1, 0.15) is 36.0 Å². The first-order chi connectivity index (χ1) is 8.76. The molecular weight excluding hydrogens is 229 g/mol. The Labute approximate surface area is 107 Å². The predicted octanol–water partition coefficient (Wildman–Crippen LogP) is 3.26. The van der Waals surface area contributed by atoms with Gasteiger partial charge in [0.1, 0.15) is 12.1 Å². The van der Waals surface area contributed by atoms with Crippen molar-refractivity contribution in [2.45, 2.75) is 25.7 Å². The van der Waals surface area contributed by atoms with E-state index in [0.717, 1.165) is 24.9 Å². The first-order valence-corrected chi connectivity index (χ1v) is 6.76. The fourth-order valence-electron chi connectivity index (χ4n) is 2.35. The molecule has 0 heterocycles. The lowest BCUT2D eigenvalue weighted by Gasteiger charge is -2.25. The molecule has 3 rings (SSSR count). The summed E-state index contributed by atoms with van der Waals surface area (Å²) >= 11 is 0. The van der Waals surface area contributed by atoms with Crippen LogP contribution in [0.4, 0.5) is 10.1 Å². The molecule has 2 aliphatic carbocycles. The number of hydrogen-bond donors (Lipinski definition) is 0. The van der Waals surface area contributed by atoms with E-state index in [2.05, 4.69) is 4.90 Å². The lowest BCUT2D eigenvalue weighted by atomic mass is 10.2. The molecule has 0 bridgehead atoms. The van der Waals surface area contributed by atoms with Crippen LogP contribution in [-0.2, 0) is 0 Å². The topological polar surface area (TPSA) is 20.3 Å². The maximum Gasteiger partial charge on any atom is 0.150 e. The zero-order valence-electron chi connectivity index (χ0n) is 10.4. The van der Waals surface area contributed by atoms with Crippen molar-refractivity contribution in [2.24, 2.45) is 11.8 Å². The van der Waals surface area contributed by atoms with E-state index in [0.29, 0.717) is 17.5 Å². The molecule has 2 saturated carbocycles. The highest BCUT2D eigenvalue weighted by Crippen LogP contribution is 2.36. The molecule has 2 nitrogen and oxygen atoms in total. The van der Waals surface area contributed by atoms with Gasteiger partial charge in [-0.05, 0) is 55.7 Å². The highest BCUT2D eigenvalue weighted by Gasteiger charge is 2.30. The van der Waals surface area contributed by atoms with Gasteiger partial charge in [-0.2, -0.15) is 0 Å². The van der Waals surface area contributed by atoms with Crippen molar-refractivity contribution in [1.29, 1.82) is 0 Å². The van der Waals surface area contributed by atoms with E-state index in [1.54, 1.807) is 12.1 Å². The number of nitrogens with zero attached hydrogens (tertiary/aromatic N) is 1. The van der Waals surface area contributed by atoms with Crippen LogP contribution in [0.3, 0.4) is 0 Å². The SMILES string of the molecule is O=Cc1ccc(N(CC2CC2)CC2CC2)c(F)c1. The third-order valence-corrected chi connectivity index (χ3v) is 3.80. The Hall–Kier alpha value is -1.38. The molecule has 3 heteroatoms. The van der Waals surface area contributed by atoms with Gasteiger partial charge in [-0.3, -0.25) is 4.79 Å². The number of anilines is 1. The minimum atomic E-state index is -0.263. The average molecular weight is 247 g/mol. The van der Waals surface area contributed by atoms with E-state index >= 15 is 0 Å². The summed E-state index contributed by atoms with van der Waals surface area (Å²) < 4.78 is 14.0. The number of carbonyl (C=O) groups excluding carboxylic acids is 1. The molecule has 0 aromatic heterocycles. The molecule has 0 amide bonds. The number of carbonyl (C=O) groups is 1. The minimum absolute atomic E-state index is 0.263. The highest BCUT2D eigenvalue weighted by atomic mass is 19.1. The molecule has 0 saturated heterocycles. The first-order valence-electron chi connectivity index (χ1n) is 6.76. The molecule has 18 heavy (non-hydrogen) atoms. The Kier molecular flexibility index (Phi) is 3.06. The van der Waals surface area contributed by atoms with Crippen LogP contribution in [0.5, 0.6) is 0 Å². The van der Waals surface area contributed by atoms with Gasteiger partial charge in [0.25, 0.3) is 0 Å². The molecule has 0 N–H and O–H groups in total. The van der Waals surface area contributed by atoms with Gasteiger partial charge in [-0.1, -0.05) is 0 Å². The molecule has 0 spiro atoms. The van der Waals surface area contributed by atoms with Crippen molar-refractivity contribution in [1.82, 2.24) is 0 Å². The van der Waals surface area contributed by atoms with E-state index in [1.165, 1.54) is 31.7 Å². The lowest BCUT2D eigenvalue weighted by Crippen LogP contribution is -2.28. The number of halogens is 1. The summed E-state index contributed by atoms with van der Waals surface area (Å²) in [4.78, 5) is 12.8. The van der Waals surface area contributed by atoms with Crippen molar-refractivity contribution in [2.75, 3.05) is 18.0 Å². The van der Waals surface area contributed by atoms with E-state index in [1.807, 2.05) is 0 Å².